The monoisotopic (exact) mass is 1860 g/mol. The zero-order valence-corrected chi connectivity index (χ0v) is 80.5. The summed E-state index contributed by atoms with van der Waals surface area (Å²) in [4.78, 5) is 155. The number of benzene rings is 6. The fourth-order valence-corrected chi connectivity index (χ4v) is 19.4. The first-order valence-electron chi connectivity index (χ1n) is 46.6. The summed E-state index contributed by atoms with van der Waals surface area (Å²) in [5.41, 5.74) is 12.6. The summed E-state index contributed by atoms with van der Waals surface area (Å²) in [6, 6.07) is 25.2. The fourth-order valence-electron chi connectivity index (χ4n) is 19.4. The molecule has 10 heterocycles. The number of carbonyl (C=O) groups excluding carboxylic acids is 8. The number of ether oxygens (including phenoxy) is 9. The maximum Gasteiger partial charge on any atom is 0.410 e. The van der Waals surface area contributed by atoms with Gasteiger partial charge in [0.05, 0.1) is 112 Å². The molecule has 16 rings (SSSR count). The van der Waals surface area contributed by atoms with Crippen molar-refractivity contribution >= 4 is 97.8 Å². The van der Waals surface area contributed by atoms with E-state index in [2.05, 4.69) is 133 Å². The van der Waals surface area contributed by atoms with Gasteiger partial charge in [0.2, 0.25) is 17.7 Å². The van der Waals surface area contributed by atoms with Crippen LogP contribution >= 0.6 is 0 Å². The van der Waals surface area contributed by atoms with E-state index in [9.17, 15) is 43.2 Å². The quantitative estimate of drug-likeness (QED) is 0.0240. The number of H-pyrrole nitrogens is 4. The second kappa shape index (κ2) is 41.8. The molecule has 4 fully saturated rings. The number of alkyl carbamates (subject to hydrolysis) is 4. The lowest BCUT2D eigenvalue weighted by Gasteiger charge is -2.30. The Morgan fingerprint density at radius 2 is 0.837 bits per heavy atom. The summed E-state index contributed by atoms with van der Waals surface area (Å²) in [7, 11) is 8.44. The molecule has 35 heteroatoms. The minimum Gasteiger partial charge on any atom is -0.488 e. The van der Waals surface area contributed by atoms with E-state index in [4.69, 9.17) is 62.9 Å². The zero-order valence-electron chi connectivity index (χ0n) is 80.5. The van der Waals surface area contributed by atoms with E-state index in [0.29, 0.717) is 77.1 Å². The van der Waals surface area contributed by atoms with Crippen LogP contribution in [0.5, 0.6) is 11.5 Å². The molecule has 8 amide bonds. The van der Waals surface area contributed by atoms with E-state index in [-0.39, 0.29) is 95.3 Å². The molecule has 6 aromatic carbocycles. The Kier molecular flexibility index (Phi) is 30.4. The van der Waals surface area contributed by atoms with Crippen LogP contribution in [0.1, 0.15) is 194 Å². The number of carbonyl (C=O) groups is 9. The smallest absolute Gasteiger partial charge is 0.410 e. The highest BCUT2D eigenvalue weighted by molar-refractivity contribution is 6.08. The highest BCUT2D eigenvalue weighted by atomic mass is 16.6. The molecule has 15 atom stereocenters. The molecule has 9 N–H and O–H groups in total. The molecule has 135 heavy (non-hydrogen) atoms. The van der Waals surface area contributed by atoms with Crippen molar-refractivity contribution in [1.82, 2.24) is 80.7 Å². The van der Waals surface area contributed by atoms with Gasteiger partial charge in [0.25, 0.3) is 0 Å². The summed E-state index contributed by atoms with van der Waals surface area (Å²) >= 11 is 0. The van der Waals surface area contributed by atoms with E-state index in [0.717, 1.165) is 155 Å². The number of likely N-dealkylation sites (tertiary alicyclic amines) is 4. The number of fused-ring (bicyclic) bond motifs is 12. The lowest BCUT2D eigenvalue weighted by molar-refractivity contribution is -0.141. The molecule has 0 spiro atoms. The summed E-state index contributed by atoms with van der Waals surface area (Å²) < 4.78 is 48.5. The second-order valence-electron chi connectivity index (χ2n) is 38.1. The van der Waals surface area contributed by atoms with Gasteiger partial charge in [0.1, 0.15) is 77.8 Å². The Bertz CT molecular complexity index is 6030. The Morgan fingerprint density at radius 3 is 1.23 bits per heavy atom. The van der Waals surface area contributed by atoms with E-state index < -0.39 is 60.1 Å². The van der Waals surface area contributed by atoms with Gasteiger partial charge in [-0.2, -0.15) is 0 Å². The van der Waals surface area contributed by atoms with Crippen LogP contribution in [0.15, 0.2) is 97.3 Å². The van der Waals surface area contributed by atoms with E-state index in [1.807, 2.05) is 108 Å². The van der Waals surface area contributed by atoms with Crippen LogP contribution in [-0.4, -0.2) is 231 Å². The number of carboxylic acid groups (broad SMARTS) is 1. The highest BCUT2D eigenvalue weighted by Crippen LogP contribution is 2.48. The zero-order chi connectivity index (χ0) is 96.9. The number of amides is 8. The molecule has 0 saturated carbocycles. The summed E-state index contributed by atoms with van der Waals surface area (Å²) in [6.07, 6.45) is 5.70. The third-order valence-electron chi connectivity index (χ3n) is 27.1. The van der Waals surface area contributed by atoms with Crippen molar-refractivity contribution in [3.8, 4) is 56.3 Å². The number of rotatable bonds is 25. The van der Waals surface area contributed by atoms with Crippen LogP contribution in [0, 0.1) is 47.3 Å². The average molecular weight is 1860 g/mol. The van der Waals surface area contributed by atoms with Gasteiger partial charge >= 0.3 is 36.4 Å². The van der Waals surface area contributed by atoms with Crippen molar-refractivity contribution in [3.63, 3.8) is 0 Å². The van der Waals surface area contributed by atoms with Crippen LogP contribution in [0.25, 0.3) is 88.4 Å². The van der Waals surface area contributed by atoms with Crippen molar-refractivity contribution < 1.29 is 90.9 Å². The van der Waals surface area contributed by atoms with Crippen LogP contribution in [0.4, 0.5) is 24.0 Å². The Labute approximate surface area is 785 Å². The number of carboxylic acids is 1. The fraction of sp³-hybridized carbons (Fsp3) is 0.510. The van der Waals surface area contributed by atoms with Gasteiger partial charge in [-0.05, 0) is 175 Å². The molecular formula is C100H128N16O19. The van der Waals surface area contributed by atoms with Crippen LogP contribution in [-0.2, 0) is 65.5 Å². The number of hydrogen-bond donors (Lipinski definition) is 9. The first-order valence-corrected chi connectivity index (χ1v) is 46.6. The first-order chi connectivity index (χ1) is 64.6. The van der Waals surface area contributed by atoms with Crippen molar-refractivity contribution in [2.75, 3.05) is 82.1 Å². The van der Waals surface area contributed by atoms with Gasteiger partial charge in [-0.3, -0.25) is 19.3 Å². The summed E-state index contributed by atoms with van der Waals surface area (Å²) in [5, 5.41) is 23.2. The Morgan fingerprint density at radius 1 is 0.459 bits per heavy atom. The molecule has 6 aliphatic heterocycles. The normalized spacial score (nSPS) is 20.4. The highest BCUT2D eigenvalue weighted by Gasteiger charge is 2.47. The summed E-state index contributed by atoms with van der Waals surface area (Å²) in [5.74, 6) is 3.24. The van der Waals surface area contributed by atoms with E-state index in [1.54, 1.807) is 26.0 Å². The van der Waals surface area contributed by atoms with Gasteiger partial charge in [0.15, 0.2) is 0 Å². The maximum atomic E-state index is 14.1. The lowest BCUT2D eigenvalue weighted by atomic mass is 9.92. The minimum absolute atomic E-state index is 0.0690. The largest absolute Gasteiger partial charge is 0.488 e. The second-order valence-corrected chi connectivity index (χ2v) is 38.1. The van der Waals surface area contributed by atoms with Gasteiger partial charge in [-0.1, -0.05) is 125 Å². The summed E-state index contributed by atoms with van der Waals surface area (Å²) in [6.45, 7) is 29.2. The SMILES string of the molecule is CC[C@H](C)[C@H](NC(=O)OC)C(=O)N1C[C@@H](C)CC1c1ncc(-c2ccc3c(c2)COc2cc4c(ccc5[nH]c([C@@H]6C[C@H](COC)CN6C(=O)C(NC(=O)OC)C(C)C)nc54)cc2-3)[nH]1.CC[C@H](C)[C@H](NC(=O)OC)C(=O)N1C[C@@H](C)CC1c1ncc(-c2ccc3c(c2)COc2cc4c(ccc5[nH]c([C@@H]6C[C@H](COC)CN6C(=O)OC(C)(C)C)nc54)cc2-3)[nH]1.CC[C@H](C)[C@H](NC(=O)OC)C(=O)O. The molecular weight excluding hydrogens is 1730 g/mol. The number of hydrogen-bond acceptors (Lipinski definition) is 22. The third-order valence-corrected chi connectivity index (χ3v) is 27.1. The number of methoxy groups -OCH3 is 6. The van der Waals surface area contributed by atoms with Crippen molar-refractivity contribution in [3.05, 3.63) is 132 Å². The minimum atomic E-state index is -1.04. The average Bonchev–Trinajstić information content (AvgIpc) is 1.65. The molecule has 3 unspecified atom stereocenters. The molecule has 0 radical (unpaired) electrons. The molecule has 4 aromatic heterocycles. The molecule has 6 aliphatic rings. The van der Waals surface area contributed by atoms with Crippen molar-refractivity contribution in [2.24, 2.45) is 47.3 Å². The van der Waals surface area contributed by atoms with E-state index in [1.165, 1.54) is 28.4 Å². The number of aromatic nitrogens is 8. The third kappa shape index (κ3) is 21.2. The molecule has 0 aliphatic carbocycles. The first kappa shape index (κ1) is 98.0. The van der Waals surface area contributed by atoms with Gasteiger partial charge in [0, 0.05) is 74.1 Å². The van der Waals surface area contributed by atoms with E-state index >= 15 is 0 Å². The molecule has 35 nitrogen and oxygen atoms in total. The topological polar surface area (TPSA) is 433 Å². The number of nitrogens with one attached hydrogen (secondary N) is 8. The van der Waals surface area contributed by atoms with Crippen LogP contribution in [0.2, 0.25) is 0 Å². The lowest BCUT2D eigenvalue weighted by Crippen LogP contribution is -2.51. The van der Waals surface area contributed by atoms with Crippen LogP contribution in [0.3, 0.4) is 0 Å². The number of aromatic amines is 4. The number of aliphatic carboxylic acids is 1. The Balaban J connectivity index is 0.000000191. The number of imidazole rings is 4. The predicted octanol–water partition coefficient (Wildman–Crippen LogP) is 16.4. The molecule has 0 bridgehead atoms. The van der Waals surface area contributed by atoms with Crippen molar-refractivity contribution in [1.29, 1.82) is 0 Å². The maximum absolute atomic E-state index is 14.1. The van der Waals surface area contributed by atoms with Crippen molar-refractivity contribution in [2.45, 2.75) is 202 Å². The predicted molar refractivity (Wildman–Crippen MR) is 507 cm³/mol. The van der Waals surface area contributed by atoms with Gasteiger partial charge < -0.3 is 104 Å². The molecule has 4 saturated heterocycles. The van der Waals surface area contributed by atoms with Gasteiger partial charge in [-0.25, -0.2) is 48.7 Å². The van der Waals surface area contributed by atoms with Gasteiger partial charge in [-0.15, -0.1) is 0 Å². The molecule has 10 aromatic rings. The number of nitrogens with zero attached hydrogens (tertiary/aromatic N) is 8. The van der Waals surface area contributed by atoms with Crippen LogP contribution < -0.4 is 30.7 Å². The Hall–Kier alpha value is -13.1. The molecule has 722 valence electrons. The standard InChI is InChI=1S/C47H58N8O8.C45H55N7O7.C8H15NO4/c1-9-26(5)40(53-47(59)62-8)45(57)54-20-25(4)14-36(54)42-48-19-35(50-42)29-10-12-31-30(16-29)23-63-38-18-32-28(17-33(31)38)11-13-34-41(32)51-43(49-34)37-15-27(22-60-6)21-55(37)44(56)39(24(2)3)52-46(58)61-7;1-9-25(3)38(50-43(54)57-8)42(53)51-20-24(2)14-35(51)40-46-19-34(48-40)28-10-12-30-29(16-28)23-58-37-18-31-27(17-32(30)37)11-13-33-39(31)49-41(47-33)36-15-26(22-56-7)21-52(36)44(55)59-45(4,5)6;1-4-5(2)6(7(10)11)9-8(12)13-3/h10-13,16-19,24-27,36-37,39-40H,9,14-15,20-23H2,1-8H3,(H,48,50)(H,49,51)(H,52,58)(H,53,59);10-13,16-19,24-26,35-36,38H,9,14-15,20-23H2,1-8H3,(H,46,48)(H,47,49)(H,50,54);5-6H,4H2,1-3H3,(H,9,12)(H,10,11)/t25-,26-,27-,36?,37-,39?,40-;24-,25-,26-,35?,36-,38-;5-,6-/m000/s1.